The fourth-order valence-electron chi connectivity index (χ4n) is 3.03. The minimum atomic E-state index is -1.59. The molecule has 0 unspecified atom stereocenters. The number of hydrogen-bond donors (Lipinski definition) is 8. The molecular weight excluding hydrogens is 446 g/mol. The van der Waals surface area contributed by atoms with Crippen LogP contribution in [-0.2, 0) is 27.3 Å². The molecule has 0 saturated carbocycles. The lowest BCUT2D eigenvalue weighted by Crippen LogP contribution is -2.57. The number of benzene rings is 1. The van der Waals surface area contributed by atoms with Crippen molar-refractivity contribution in [2.75, 3.05) is 6.54 Å². The molecular formula is C21H27N7O4S. The lowest BCUT2D eigenvalue weighted by Gasteiger charge is -2.28. The molecule has 1 heterocycles. The molecule has 0 fully saturated rings. The summed E-state index contributed by atoms with van der Waals surface area (Å²) in [6.07, 6.45) is -0.486. The van der Waals surface area contributed by atoms with Crippen LogP contribution in [0.4, 0.5) is 0 Å². The topological polar surface area (TPSA) is 221 Å². The van der Waals surface area contributed by atoms with Crippen LogP contribution in [0.3, 0.4) is 0 Å². The fraction of sp³-hybridized carbons (Fsp3) is 0.286. The van der Waals surface area contributed by atoms with Crippen molar-refractivity contribution in [1.82, 2.24) is 10.6 Å². The number of rotatable bonds is 12. The van der Waals surface area contributed by atoms with Crippen molar-refractivity contribution in [3.63, 3.8) is 0 Å². The third-order valence-electron chi connectivity index (χ3n) is 4.79. The standard InChI is InChI=1S/C21H27N7O4S/c22-18(23)13-3-1-2-12(8-13)9-21(26,7-6-17(30)31)20(32)28-11-16(29)27-10-14-4-5-15(33-14)19(24)25/h1-5,8H,6-7,9-11,26H2,(H3,22,23)(H3,24,25)(H,27,29)(H,28,32)(H,30,31)/t21-/m0/s1. The molecule has 1 aromatic carbocycles. The molecule has 12 heteroatoms. The number of aliphatic carboxylic acids is 1. The van der Waals surface area contributed by atoms with Crippen molar-refractivity contribution < 1.29 is 19.5 Å². The minimum Gasteiger partial charge on any atom is -0.481 e. The first-order valence-electron chi connectivity index (χ1n) is 9.92. The number of carboxylic acid groups (broad SMARTS) is 1. The van der Waals surface area contributed by atoms with E-state index in [0.29, 0.717) is 16.0 Å². The van der Waals surface area contributed by atoms with Gasteiger partial charge in [0.1, 0.15) is 11.7 Å². The molecule has 0 radical (unpaired) electrons. The molecule has 1 aromatic heterocycles. The van der Waals surface area contributed by atoms with Crippen molar-refractivity contribution in [2.45, 2.75) is 31.3 Å². The molecule has 0 aliphatic carbocycles. The molecule has 0 spiro atoms. The average molecular weight is 474 g/mol. The number of amidine groups is 2. The number of thiophene rings is 1. The van der Waals surface area contributed by atoms with E-state index >= 15 is 0 Å². The summed E-state index contributed by atoms with van der Waals surface area (Å²) in [6.45, 7) is -0.138. The summed E-state index contributed by atoms with van der Waals surface area (Å²) >= 11 is 1.27. The first kappa shape index (κ1) is 25.5. The number of nitrogens with two attached hydrogens (primary N) is 3. The van der Waals surface area contributed by atoms with Gasteiger partial charge in [0.25, 0.3) is 0 Å². The Morgan fingerprint density at radius 1 is 1.06 bits per heavy atom. The second-order valence-electron chi connectivity index (χ2n) is 7.48. The highest BCUT2D eigenvalue weighted by atomic mass is 32.1. The molecule has 0 aliphatic heterocycles. The van der Waals surface area contributed by atoms with Gasteiger partial charge in [0.2, 0.25) is 11.8 Å². The highest BCUT2D eigenvalue weighted by molar-refractivity contribution is 7.14. The van der Waals surface area contributed by atoms with E-state index in [1.54, 1.807) is 36.4 Å². The van der Waals surface area contributed by atoms with Gasteiger partial charge in [0.05, 0.1) is 23.5 Å². The molecule has 11 nitrogen and oxygen atoms in total. The van der Waals surface area contributed by atoms with Crippen molar-refractivity contribution in [3.05, 3.63) is 57.3 Å². The first-order valence-corrected chi connectivity index (χ1v) is 10.7. The van der Waals surface area contributed by atoms with E-state index in [-0.39, 0.29) is 44.0 Å². The molecule has 11 N–H and O–H groups in total. The van der Waals surface area contributed by atoms with Crippen LogP contribution in [0.5, 0.6) is 0 Å². The quantitative estimate of drug-likeness (QED) is 0.154. The van der Waals surface area contributed by atoms with E-state index in [2.05, 4.69) is 10.6 Å². The highest BCUT2D eigenvalue weighted by Crippen LogP contribution is 2.19. The Morgan fingerprint density at radius 3 is 2.39 bits per heavy atom. The van der Waals surface area contributed by atoms with Gasteiger partial charge in [0, 0.05) is 16.9 Å². The van der Waals surface area contributed by atoms with Crippen molar-refractivity contribution >= 4 is 40.8 Å². The zero-order valence-corrected chi connectivity index (χ0v) is 18.6. The van der Waals surface area contributed by atoms with Crippen LogP contribution in [0.15, 0.2) is 36.4 Å². The largest absolute Gasteiger partial charge is 0.481 e. The third kappa shape index (κ3) is 7.70. The Balaban J connectivity index is 2.01. The van der Waals surface area contributed by atoms with Gasteiger partial charge in [-0.2, -0.15) is 0 Å². The number of carbonyl (C=O) groups excluding carboxylic acids is 2. The molecule has 176 valence electrons. The molecule has 1 atom stereocenters. The molecule has 0 bridgehead atoms. The molecule has 2 rings (SSSR count). The third-order valence-corrected chi connectivity index (χ3v) is 5.91. The first-order chi connectivity index (χ1) is 15.5. The van der Waals surface area contributed by atoms with Crippen LogP contribution in [0.25, 0.3) is 0 Å². The Labute approximate surface area is 194 Å². The Hall–Kier alpha value is -3.77. The Morgan fingerprint density at radius 2 is 1.79 bits per heavy atom. The predicted molar refractivity (Wildman–Crippen MR) is 125 cm³/mol. The van der Waals surface area contributed by atoms with Crippen molar-refractivity contribution in [1.29, 1.82) is 10.8 Å². The molecule has 0 aliphatic rings. The highest BCUT2D eigenvalue weighted by Gasteiger charge is 2.35. The van der Waals surface area contributed by atoms with Crippen LogP contribution >= 0.6 is 11.3 Å². The Kier molecular flexibility index (Phi) is 8.65. The second-order valence-corrected chi connectivity index (χ2v) is 8.65. The van der Waals surface area contributed by atoms with Gasteiger partial charge in [-0.3, -0.25) is 25.2 Å². The van der Waals surface area contributed by atoms with Gasteiger partial charge in [-0.15, -0.1) is 11.3 Å². The van der Waals surface area contributed by atoms with E-state index in [4.69, 9.17) is 33.1 Å². The van der Waals surface area contributed by atoms with Crippen molar-refractivity contribution in [2.24, 2.45) is 17.2 Å². The summed E-state index contributed by atoms with van der Waals surface area (Å²) in [5.74, 6) is -2.43. The summed E-state index contributed by atoms with van der Waals surface area (Å²) < 4.78 is 0. The van der Waals surface area contributed by atoms with Gasteiger partial charge in [-0.1, -0.05) is 18.2 Å². The smallest absolute Gasteiger partial charge is 0.303 e. The Bertz CT molecular complexity index is 1070. The van der Waals surface area contributed by atoms with E-state index in [1.165, 1.54) is 11.3 Å². The number of nitrogen functional groups attached to an aromatic ring is 2. The van der Waals surface area contributed by atoms with E-state index in [1.807, 2.05) is 0 Å². The SMILES string of the molecule is N=C(N)c1cccc(C[C@@](N)(CCC(=O)O)C(=O)NCC(=O)NCc2ccc(C(=N)N)s2)c1. The van der Waals surface area contributed by atoms with Crippen LogP contribution in [0, 0.1) is 10.8 Å². The fourth-order valence-corrected chi connectivity index (χ4v) is 3.84. The molecule has 2 aromatic rings. The maximum absolute atomic E-state index is 12.8. The number of nitrogens with one attached hydrogen (secondary N) is 4. The maximum atomic E-state index is 12.8. The van der Waals surface area contributed by atoms with E-state index in [0.717, 1.165) is 4.88 Å². The normalized spacial score (nSPS) is 12.4. The lowest BCUT2D eigenvalue weighted by atomic mass is 9.85. The zero-order valence-electron chi connectivity index (χ0n) is 17.8. The van der Waals surface area contributed by atoms with Gasteiger partial charge in [-0.25, -0.2) is 0 Å². The predicted octanol–water partition coefficient (Wildman–Crippen LogP) is -0.146. The zero-order chi connectivity index (χ0) is 24.6. The molecule has 0 saturated heterocycles. The van der Waals surface area contributed by atoms with Crippen LogP contribution in [0.2, 0.25) is 0 Å². The van der Waals surface area contributed by atoms with Gasteiger partial charge in [-0.05, 0) is 36.6 Å². The summed E-state index contributed by atoms with van der Waals surface area (Å²) in [5.41, 5.74) is 16.7. The van der Waals surface area contributed by atoms with Crippen LogP contribution in [-0.4, -0.2) is 46.6 Å². The summed E-state index contributed by atoms with van der Waals surface area (Å²) in [7, 11) is 0. The summed E-state index contributed by atoms with van der Waals surface area (Å²) in [5, 5.41) is 29.1. The summed E-state index contributed by atoms with van der Waals surface area (Å²) in [6, 6.07) is 10.0. The van der Waals surface area contributed by atoms with Gasteiger partial charge >= 0.3 is 5.97 Å². The van der Waals surface area contributed by atoms with Crippen molar-refractivity contribution in [3.8, 4) is 0 Å². The minimum absolute atomic E-state index is 0.00211. The lowest BCUT2D eigenvalue weighted by molar-refractivity contribution is -0.138. The van der Waals surface area contributed by atoms with Gasteiger partial charge < -0.3 is 32.9 Å². The van der Waals surface area contributed by atoms with E-state index < -0.39 is 23.3 Å². The number of carboxylic acids is 1. The average Bonchev–Trinajstić information content (AvgIpc) is 3.24. The van der Waals surface area contributed by atoms with Gasteiger partial charge in [0.15, 0.2) is 0 Å². The number of amides is 2. The molecule has 2 amide bonds. The second kappa shape index (κ2) is 11.2. The van der Waals surface area contributed by atoms with E-state index in [9.17, 15) is 14.4 Å². The monoisotopic (exact) mass is 473 g/mol. The molecule has 33 heavy (non-hydrogen) atoms. The maximum Gasteiger partial charge on any atom is 0.303 e. The number of hydrogen-bond acceptors (Lipinski definition) is 7. The summed E-state index contributed by atoms with van der Waals surface area (Å²) in [4.78, 5) is 37.5. The van der Waals surface area contributed by atoms with Crippen LogP contribution in [0.1, 0.15) is 33.7 Å². The number of carbonyl (C=O) groups is 3. The van der Waals surface area contributed by atoms with Crippen LogP contribution < -0.4 is 27.8 Å².